The quantitative estimate of drug-likeness (QED) is 0.654. The normalized spacial score (nSPS) is 18.4. The molecule has 0 bridgehead atoms. The molecule has 4 heterocycles. The third kappa shape index (κ3) is 3.57. The lowest BCUT2D eigenvalue weighted by atomic mass is 9.99. The van der Waals surface area contributed by atoms with Crippen LogP contribution in [-0.4, -0.2) is 32.7 Å². The minimum absolute atomic E-state index is 0.0808. The molecule has 1 atom stereocenters. The van der Waals surface area contributed by atoms with Crippen molar-refractivity contribution in [1.29, 1.82) is 0 Å². The summed E-state index contributed by atoms with van der Waals surface area (Å²) in [4.78, 5) is 22.9. The van der Waals surface area contributed by atoms with E-state index in [1.807, 2.05) is 11.8 Å². The molecule has 1 aliphatic heterocycles. The summed E-state index contributed by atoms with van der Waals surface area (Å²) in [5, 5.41) is 6.60. The van der Waals surface area contributed by atoms with Crippen LogP contribution in [0.15, 0.2) is 16.2 Å². The molecule has 11 heteroatoms. The Morgan fingerprint density at radius 1 is 1.33 bits per heavy atom. The number of hydrogen-bond acceptors (Lipinski definition) is 7. The van der Waals surface area contributed by atoms with Gasteiger partial charge in [-0.05, 0) is 19.3 Å². The molecule has 1 fully saturated rings. The van der Waals surface area contributed by atoms with Gasteiger partial charge in [-0.3, -0.25) is 4.79 Å². The number of aryl methyl sites for hydroxylation is 1. The Balaban J connectivity index is 1.60. The lowest BCUT2D eigenvalue weighted by molar-refractivity contribution is -0.140. The first-order chi connectivity index (χ1) is 12.8. The summed E-state index contributed by atoms with van der Waals surface area (Å²) in [6, 6.07) is 1.48. The summed E-state index contributed by atoms with van der Waals surface area (Å²) >= 11 is 2.37. The fourth-order valence-electron chi connectivity index (χ4n) is 3.11. The van der Waals surface area contributed by atoms with E-state index in [1.165, 1.54) is 21.9 Å². The van der Waals surface area contributed by atoms with Crippen molar-refractivity contribution in [2.24, 2.45) is 0 Å². The predicted octanol–water partition coefficient (Wildman–Crippen LogP) is 3.57. The van der Waals surface area contributed by atoms with E-state index in [-0.39, 0.29) is 11.5 Å². The van der Waals surface area contributed by atoms with Gasteiger partial charge in [-0.25, -0.2) is 9.97 Å². The van der Waals surface area contributed by atoms with Crippen molar-refractivity contribution >= 4 is 32.8 Å². The zero-order valence-electron chi connectivity index (χ0n) is 14.4. The molecule has 0 saturated carbocycles. The molecule has 1 unspecified atom stereocenters. The monoisotopic (exact) mass is 415 g/mol. The fraction of sp³-hybridized carbons (Fsp3) is 0.500. The second-order valence-electron chi connectivity index (χ2n) is 6.37. The van der Waals surface area contributed by atoms with E-state index in [0.29, 0.717) is 33.8 Å². The van der Waals surface area contributed by atoms with E-state index in [2.05, 4.69) is 15.1 Å². The van der Waals surface area contributed by atoms with Crippen molar-refractivity contribution in [3.8, 4) is 0 Å². The van der Waals surface area contributed by atoms with Crippen molar-refractivity contribution in [2.75, 3.05) is 18.0 Å². The van der Waals surface area contributed by atoms with Crippen LogP contribution in [0.2, 0.25) is 0 Å². The summed E-state index contributed by atoms with van der Waals surface area (Å²) < 4.78 is 39.7. The number of rotatable bonds is 3. The smallest absolute Gasteiger partial charge is 0.346 e. The lowest BCUT2D eigenvalue weighted by Crippen LogP contribution is -2.34. The van der Waals surface area contributed by atoms with Gasteiger partial charge in [-0.1, -0.05) is 18.3 Å². The molecule has 0 aliphatic carbocycles. The predicted molar refractivity (Wildman–Crippen MR) is 97.8 cm³/mol. The Morgan fingerprint density at radius 3 is 2.85 bits per heavy atom. The number of piperidine rings is 1. The number of hydrogen-bond donors (Lipinski definition) is 0. The highest BCUT2D eigenvalue weighted by Crippen LogP contribution is 2.36. The third-order valence-corrected chi connectivity index (χ3v) is 6.48. The molecule has 3 aromatic heterocycles. The van der Waals surface area contributed by atoms with Crippen molar-refractivity contribution in [3.63, 3.8) is 0 Å². The summed E-state index contributed by atoms with van der Waals surface area (Å²) in [5.74, 6) is -0.0808. The first-order valence-electron chi connectivity index (χ1n) is 8.52. The van der Waals surface area contributed by atoms with Gasteiger partial charge in [-0.15, -0.1) is 16.4 Å². The number of aromatic nitrogens is 4. The summed E-state index contributed by atoms with van der Waals surface area (Å²) in [7, 11) is 0. The Bertz CT molecular complexity index is 1030. The minimum Gasteiger partial charge on any atom is -0.346 e. The van der Waals surface area contributed by atoms with Crippen LogP contribution in [0.5, 0.6) is 0 Å². The molecule has 144 valence electrons. The molecule has 3 aromatic rings. The second kappa shape index (κ2) is 6.86. The van der Waals surface area contributed by atoms with Gasteiger partial charge in [0.1, 0.15) is 0 Å². The highest BCUT2D eigenvalue weighted by Gasteiger charge is 2.35. The summed E-state index contributed by atoms with van der Waals surface area (Å²) in [6.45, 7) is 3.20. The maximum atomic E-state index is 12.8. The molecular weight excluding hydrogens is 399 g/mol. The average Bonchev–Trinajstić information content (AvgIpc) is 3.29. The van der Waals surface area contributed by atoms with Crippen molar-refractivity contribution in [2.45, 2.75) is 38.3 Å². The van der Waals surface area contributed by atoms with E-state index in [9.17, 15) is 18.0 Å². The fourth-order valence-corrected chi connectivity index (χ4v) is 5.03. The number of alkyl halides is 3. The van der Waals surface area contributed by atoms with Crippen molar-refractivity contribution < 1.29 is 13.2 Å². The molecular formula is C16H16F3N5OS2. The molecule has 0 amide bonds. The Labute approximate surface area is 160 Å². The van der Waals surface area contributed by atoms with E-state index >= 15 is 0 Å². The van der Waals surface area contributed by atoms with Gasteiger partial charge < -0.3 is 4.90 Å². The highest BCUT2D eigenvalue weighted by atomic mass is 32.1. The van der Waals surface area contributed by atoms with Crippen LogP contribution in [0.1, 0.15) is 42.1 Å². The van der Waals surface area contributed by atoms with Gasteiger partial charge in [0.25, 0.3) is 5.56 Å². The van der Waals surface area contributed by atoms with Gasteiger partial charge in [0.05, 0.1) is 5.01 Å². The second-order valence-corrected chi connectivity index (χ2v) is 8.20. The highest BCUT2D eigenvalue weighted by molar-refractivity contribution is 7.20. The zero-order valence-corrected chi connectivity index (χ0v) is 16.0. The average molecular weight is 415 g/mol. The van der Waals surface area contributed by atoms with Crippen LogP contribution in [0.3, 0.4) is 0 Å². The Hall–Kier alpha value is -2.01. The SMILES string of the molecule is CCc1cc(=O)n2nc(N3CCCC(c4nc(C(F)(F)F)cs4)C3)sc2n1. The number of anilines is 1. The molecule has 0 spiro atoms. The number of fused-ring (bicyclic) bond motifs is 1. The molecule has 4 rings (SSSR count). The summed E-state index contributed by atoms with van der Waals surface area (Å²) in [5.41, 5.74) is -0.334. The first kappa shape index (κ1) is 18.4. The molecule has 1 aliphatic rings. The van der Waals surface area contributed by atoms with Crippen molar-refractivity contribution in [1.82, 2.24) is 19.6 Å². The van der Waals surface area contributed by atoms with Crippen LogP contribution >= 0.6 is 22.7 Å². The lowest BCUT2D eigenvalue weighted by Gasteiger charge is -2.31. The molecule has 0 radical (unpaired) electrons. The number of halogens is 3. The molecule has 1 saturated heterocycles. The molecule has 0 N–H and O–H groups in total. The first-order valence-corrected chi connectivity index (χ1v) is 10.2. The van der Waals surface area contributed by atoms with Crippen LogP contribution in [0.4, 0.5) is 18.3 Å². The van der Waals surface area contributed by atoms with E-state index in [1.54, 1.807) is 0 Å². The Kier molecular flexibility index (Phi) is 4.66. The standard InChI is InChI=1S/C16H16F3N5OS2/c1-2-10-6-12(25)24-14(20-10)27-15(22-24)23-5-3-4-9(7-23)13-21-11(8-26-13)16(17,18)19/h6,8-9H,2-5,7H2,1H3. The molecule has 27 heavy (non-hydrogen) atoms. The van der Waals surface area contributed by atoms with Gasteiger partial charge in [0.2, 0.25) is 10.1 Å². The zero-order chi connectivity index (χ0) is 19.2. The van der Waals surface area contributed by atoms with Gasteiger partial charge in [0, 0.05) is 36.1 Å². The third-order valence-electron chi connectivity index (χ3n) is 4.50. The minimum atomic E-state index is -4.42. The van der Waals surface area contributed by atoms with E-state index in [0.717, 1.165) is 36.1 Å². The van der Waals surface area contributed by atoms with Gasteiger partial charge in [0.15, 0.2) is 5.69 Å². The van der Waals surface area contributed by atoms with Gasteiger partial charge >= 0.3 is 6.18 Å². The van der Waals surface area contributed by atoms with Crippen LogP contribution in [-0.2, 0) is 12.6 Å². The van der Waals surface area contributed by atoms with Crippen LogP contribution in [0.25, 0.3) is 4.96 Å². The van der Waals surface area contributed by atoms with Crippen LogP contribution in [0, 0.1) is 0 Å². The van der Waals surface area contributed by atoms with E-state index in [4.69, 9.17) is 0 Å². The number of thiazole rings is 1. The van der Waals surface area contributed by atoms with Crippen molar-refractivity contribution in [3.05, 3.63) is 38.2 Å². The van der Waals surface area contributed by atoms with Gasteiger partial charge in [-0.2, -0.15) is 17.7 Å². The maximum absolute atomic E-state index is 12.8. The van der Waals surface area contributed by atoms with Crippen LogP contribution < -0.4 is 10.5 Å². The maximum Gasteiger partial charge on any atom is 0.434 e. The molecule has 0 aromatic carbocycles. The largest absolute Gasteiger partial charge is 0.434 e. The summed E-state index contributed by atoms with van der Waals surface area (Å²) in [6.07, 6.45) is -2.15. The number of nitrogens with zero attached hydrogens (tertiary/aromatic N) is 5. The topological polar surface area (TPSA) is 63.4 Å². The molecule has 6 nitrogen and oxygen atoms in total. The van der Waals surface area contributed by atoms with E-state index < -0.39 is 11.9 Å². The Morgan fingerprint density at radius 2 is 2.15 bits per heavy atom.